The molecule has 1 unspecified atom stereocenters. The zero-order valence-electron chi connectivity index (χ0n) is 15.4. The third-order valence-electron chi connectivity index (χ3n) is 4.42. The zero-order chi connectivity index (χ0) is 18.9. The standard InChI is InChI=1S/C21H25N5O/c1-22-21(24-15-19(16-27)17-8-3-2-4-9-17)23-14-18-10-5-6-11-20(18)26-13-7-12-25-26/h2-13,19,27H,14-16H2,1H3,(H2,22,23,24). The highest BCUT2D eigenvalue weighted by Crippen LogP contribution is 2.14. The Morgan fingerprint density at radius 3 is 2.56 bits per heavy atom. The summed E-state index contributed by atoms with van der Waals surface area (Å²) in [6.45, 7) is 1.29. The number of guanidine groups is 1. The minimum Gasteiger partial charge on any atom is -0.396 e. The van der Waals surface area contributed by atoms with Crippen LogP contribution in [-0.4, -0.2) is 41.0 Å². The van der Waals surface area contributed by atoms with Crippen molar-refractivity contribution in [2.24, 2.45) is 4.99 Å². The molecule has 1 heterocycles. The number of aromatic nitrogens is 2. The number of nitrogens with one attached hydrogen (secondary N) is 2. The first-order chi connectivity index (χ1) is 13.3. The maximum Gasteiger partial charge on any atom is 0.191 e. The molecule has 140 valence electrons. The van der Waals surface area contributed by atoms with Gasteiger partial charge in [0.15, 0.2) is 5.96 Å². The summed E-state index contributed by atoms with van der Waals surface area (Å²) in [6.07, 6.45) is 3.70. The van der Waals surface area contributed by atoms with Gasteiger partial charge < -0.3 is 15.7 Å². The maximum atomic E-state index is 9.71. The first-order valence-electron chi connectivity index (χ1n) is 9.00. The number of aliphatic hydroxyl groups is 1. The maximum absolute atomic E-state index is 9.71. The van der Waals surface area contributed by atoms with Crippen molar-refractivity contribution in [3.63, 3.8) is 0 Å². The second-order valence-electron chi connectivity index (χ2n) is 6.18. The van der Waals surface area contributed by atoms with Crippen LogP contribution in [0, 0.1) is 0 Å². The van der Waals surface area contributed by atoms with E-state index in [1.165, 1.54) is 0 Å². The average Bonchev–Trinajstić information content (AvgIpc) is 3.26. The van der Waals surface area contributed by atoms with Gasteiger partial charge in [-0.1, -0.05) is 48.5 Å². The fraction of sp³-hybridized carbons (Fsp3) is 0.238. The Kier molecular flexibility index (Phi) is 6.60. The third-order valence-corrected chi connectivity index (χ3v) is 4.42. The molecule has 6 heteroatoms. The Hall–Kier alpha value is -3.12. The van der Waals surface area contributed by atoms with Crippen molar-refractivity contribution in [3.8, 4) is 5.69 Å². The lowest BCUT2D eigenvalue weighted by Gasteiger charge is -2.18. The molecule has 27 heavy (non-hydrogen) atoms. The van der Waals surface area contributed by atoms with Crippen LogP contribution >= 0.6 is 0 Å². The molecule has 0 saturated carbocycles. The summed E-state index contributed by atoms with van der Waals surface area (Å²) in [6, 6.07) is 20.0. The van der Waals surface area contributed by atoms with Gasteiger partial charge in [-0.25, -0.2) is 4.68 Å². The van der Waals surface area contributed by atoms with Crippen LogP contribution in [0.1, 0.15) is 17.0 Å². The van der Waals surface area contributed by atoms with Crippen LogP contribution < -0.4 is 10.6 Å². The van der Waals surface area contributed by atoms with Crippen molar-refractivity contribution >= 4 is 5.96 Å². The van der Waals surface area contributed by atoms with Gasteiger partial charge in [0.2, 0.25) is 0 Å². The van der Waals surface area contributed by atoms with E-state index in [2.05, 4.69) is 26.8 Å². The summed E-state index contributed by atoms with van der Waals surface area (Å²) in [7, 11) is 1.74. The second kappa shape index (κ2) is 9.54. The Morgan fingerprint density at radius 1 is 1.07 bits per heavy atom. The molecule has 6 nitrogen and oxygen atoms in total. The first-order valence-corrected chi connectivity index (χ1v) is 9.00. The van der Waals surface area contributed by atoms with Crippen LogP contribution in [0.3, 0.4) is 0 Å². The van der Waals surface area contributed by atoms with Gasteiger partial charge in [-0.15, -0.1) is 0 Å². The number of hydrogen-bond donors (Lipinski definition) is 3. The van der Waals surface area contributed by atoms with Crippen molar-refractivity contribution < 1.29 is 5.11 Å². The normalized spacial score (nSPS) is 12.6. The van der Waals surface area contributed by atoms with Crippen molar-refractivity contribution in [2.45, 2.75) is 12.5 Å². The van der Waals surface area contributed by atoms with Crippen LogP contribution in [0.2, 0.25) is 0 Å². The minimum absolute atomic E-state index is 0.0149. The third kappa shape index (κ3) is 4.95. The lowest BCUT2D eigenvalue weighted by molar-refractivity contribution is 0.265. The molecule has 0 aliphatic carbocycles. The van der Waals surface area contributed by atoms with Crippen LogP contribution in [0.5, 0.6) is 0 Å². The van der Waals surface area contributed by atoms with Gasteiger partial charge in [0.05, 0.1) is 12.3 Å². The molecule has 0 spiro atoms. The molecule has 2 aromatic carbocycles. The highest BCUT2D eigenvalue weighted by Gasteiger charge is 2.11. The molecule has 0 saturated heterocycles. The van der Waals surface area contributed by atoms with Crippen LogP contribution in [0.25, 0.3) is 5.69 Å². The van der Waals surface area contributed by atoms with Gasteiger partial charge in [-0.3, -0.25) is 4.99 Å². The molecule has 0 aliphatic rings. The number of hydrogen-bond acceptors (Lipinski definition) is 3. The Morgan fingerprint density at radius 2 is 1.85 bits per heavy atom. The SMILES string of the molecule is CN=C(NCc1ccccc1-n1cccn1)NCC(CO)c1ccccc1. The van der Waals surface area contributed by atoms with E-state index in [1.54, 1.807) is 13.2 Å². The van der Waals surface area contributed by atoms with Crippen molar-refractivity contribution in [2.75, 3.05) is 20.2 Å². The van der Waals surface area contributed by atoms with E-state index in [0.29, 0.717) is 19.0 Å². The van der Waals surface area contributed by atoms with Gasteiger partial charge in [0.25, 0.3) is 0 Å². The molecule has 3 N–H and O–H groups in total. The molecular formula is C21H25N5O. The van der Waals surface area contributed by atoms with Gasteiger partial charge >= 0.3 is 0 Å². The molecule has 3 aromatic rings. The quantitative estimate of drug-likeness (QED) is 0.445. The number of rotatable bonds is 7. The highest BCUT2D eigenvalue weighted by molar-refractivity contribution is 5.79. The highest BCUT2D eigenvalue weighted by atomic mass is 16.3. The zero-order valence-corrected chi connectivity index (χ0v) is 15.4. The molecule has 0 aliphatic heterocycles. The summed E-state index contributed by atoms with van der Waals surface area (Å²) < 4.78 is 1.85. The molecular weight excluding hydrogens is 338 g/mol. The van der Waals surface area contributed by atoms with E-state index in [0.717, 1.165) is 16.8 Å². The first kappa shape index (κ1) is 18.7. The number of nitrogens with zero attached hydrogens (tertiary/aromatic N) is 3. The van der Waals surface area contributed by atoms with E-state index in [9.17, 15) is 5.11 Å². The Bertz CT molecular complexity index is 846. The average molecular weight is 363 g/mol. The lowest BCUT2D eigenvalue weighted by atomic mass is 10.0. The summed E-state index contributed by atoms with van der Waals surface area (Å²) in [4.78, 5) is 4.29. The van der Waals surface area contributed by atoms with Gasteiger partial charge in [0.1, 0.15) is 0 Å². The number of benzene rings is 2. The molecule has 0 radical (unpaired) electrons. The monoisotopic (exact) mass is 363 g/mol. The van der Waals surface area contributed by atoms with E-state index in [4.69, 9.17) is 0 Å². The van der Waals surface area contributed by atoms with Gasteiger partial charge in [-0.2, -0.15) is 5.10 Å². The lowest BCUT2D eigenvalue weighted by Crippen LogP contribution is -2.39. The summed E-state index contributed by atoms with van der Waals surface area (Å²) in [5.74, 6) is 0.709. The number of aliphatic hydroxyl groups excluding tert-OH is 1. The summed E-state index contributed by atoms with van der Waals surface area (Å²) in [5, 5.41) is 20.7. The predicted molar refractivity (Wildman–Crippen MR) is 108 cm³/mol. The van der Waals surface area contributed by atoms with Gasteiger partial charge in [0, 0.05) is 38.4 Å². The Balaban J connectivity index is 1.60. The fourth-order valence-electron chi connectivity index (χ4n) is 2.93. The number of para-hydroxylation sites is 1. The van der Waals surface area contributed by atoms with Crippen molar-refractivity contribution in [3.05, 3.63) is 84.2 Å². The molecule has 0 bridgehead atoms. The summed E-state index contributed by atoms with van der Waals surface area (Å²) in [5.41, 5.74) is 3.25. The van der Waals surface area contributed by atoms with E-state index >= 15 is 0 Å². The van der Waals surface area contributed by atoms with E-state index in [1.807, 2.05) is 65.5 Å². The fourth-order valence-corrected chi connectivity index (χ4v) is 2.93. The predicted octanol–water partition coefficient (Wildman–Crippen LogP) is 2.31. The van der Waals surface area contributed by atoms with Crippen LogP contribution in [-0.2, 0) is 6.54 Å². The molecule has 3 rings (SSSR count). The largest absolute Gasteiger partial charge is 0.396 e. The van der Waals surface area contributed by atoms with E-state index < -0.39 is 0 Å². The second-order valence-corrected chi connectivity index (χ2v) is 6.18. The van der Waals surface area contributed by atoms with Gasteiger partial charge in [-0.05, 0) is 23.3 Å². The molecule has 1 atom stereocenters. The van der Waals surface area contributed by atoms with Crippen molar-refractivity contribution in [1.82, 2.24) is 20.4 Å². The number of aliphatic imine (C=N–C) groups is 1. The Labute approximate surface area is 159 Å². The summed E-state index contributed by atoms with van der Waals surface area (Å²) >= 11 is 0. The van der Waals surface area contributed by atoms with Crippen molar-refractivity contribution in [1.29, 1.82) is 0 Å². The van der Waals surface area contributed by atoms with Crippen LogP contribution in [0.4, 0.5) is 0 Å². The minimum atomic E-state index is 0.0149. The molecule has 1 aromatic heterocycles. The van der Waals surface area contributed by atoms with Crippen LogP contribution in [0.15, 0.2) is 78.0 Å². The smallest absolute Gasteiger partial charge is 0.191 e. The topological polar surface area (TPSA) is 74.5 Å². The molecule has 0 amide bonds. The van der Waals surface area contributed by atoms with E-state index in [-0.39, 0.29) is 12.5 Å². The molecule has 0 fully saturated rings.